The molecule has 1 N–H and O–H groups in total. The first kappa shape index (κ1) is 17.3. The number of likely N-dealkylation sites (tertiary alicyclic amines) is 1. The zero-order chi connectivity index (χ0) is 17.0. The third kappa shape index (κ3) is 4.97. The fourth-order valence-corrected chi connectivity index (χ4v) is 2.61. The molecule has 0 aliphatic carbocycles. The number of nitrogens with one attached hydrogen (secondary N) is 1. The second kappa shape index (κ2) is 7.02. The summed E-state index contributed by atoms with van der Waals surface area (Å²) in [6.07, 6.45) is -4.61. The Morgan fingerprint density at radius 2 is 2.00 bits per heavy atom. The minimum absolute atomic E-state index is 0.0866. The number of carbonyl (C=O) groups is 2. The lowest BCUT2D eigenvalue weighted by atomic mass is 10.0. The Hall–Kier alpha value is -2.05. The molecule has 1 aliphatic rings. The molecule has 126 valence electrons. The summed E-state index contributed by atoms with van der Waals surface area (Å²) in [5, 5.41) is 2.73. The fourth-order valence-electron chi connectivity index (χ4n) is 2.61. The molecule has 1 heterocycles. The maximum Gasteiger partial charge on any atom is 0.406 e. The summed E-state index contributed by atoms with van der Waals surface area (Å²) in [5.41, 5.74) is 1.06. The van der Waals surface area contributed by atoms with Crippen molar-refractivity contribution < 1.29 is 22.8 Å². The van der Waals surface area contributed by atoms with Crippen molar-refractivity contribution in [2.75, 3.05) is 19.6 Å². The highest BCUT2D eigenvalue weighted by atomic mass is 19.4. The number of carbonyl (C=O) groups excluding carboxylic acids is 2. The topological polar surface area (TPSA) is 49.4 Å². The Balaban J connectivity index is 1.84. The molecule has 1 fully saturated rings. The number of hydrogen-bond acceptors (Lipinski definition) is 2. The number of benzene rings is 1. The molecule has 1 aliphatic heterocycles. The first-order valence-electron chi connectivity index (χ1n) is 7.43. The molecule has 2 rings (SSSR count). The lowest BCUT2D eigenvalue weighted by Gasteiger charge is -2.18. The van der Waals surface area contributed by atoms with Gasteiger partial charge in [-0.05, 0) is 11.5 Å². The molecule has 0 saturated carbocycles. The number of halogens is 3. The monoisotopic (exact) mass is 328 g/mol. The van der Waals surface area contributed by atoms with E-state index in [9.17, 15) is 22.8 Å². The Kier molecular flexibility index (Phi) is 5.28. The predicted octanol–water partition coefficient (Wildman–Crippen LogP) is 2.32. The van der Waals surface area contributed by atoms with Gasteiger partial charge in [-0.25, -0.2) is 0 Å². The predicted molar refractivity (Wildman–Crippen MR) is 78.6 cm³/mol. The normalized spacial score (nSPS) is 19.7. The van der Waals surface area contributed by atoms with Crippen molar-refractivity contribution in [2.24, 2.45) is 5.92 Å². The van der Waals surface area contributed by atoms with E-state index >= 15 is 0 Å². The Labute approximate surface area is 132 Å². The van der Waals surface area contributed by atoms with E-state index in [0.717, 1.165) is 5.56 Å². The maximum atomic E-state index is 12.4. The second-order valence-corrected chi connectivity index (χ2v) is 5.85. The molecular formula is C16H19F3N2O2. The molecule has 0 aromatic heterocycles. The summed E-state index contributed by atoms with van der Waals surface area (Å²) in [6.45, 7) is 0.859. The van der Waals surface area contributed by atoms with Gasteiger partial charge in [-0.2, -0.15) is 13.2 Å². The lowest BCUT2D eigenvalue weighted by molar-refractivity contribution is -0.157. The number of alkyl halides is 3. The summed E-state index contributed by atoms with van der Waals surface area (Å²) in [7, 11) is 0. The highest BCUT2D eigenvalue weighted by Crippen LogP contribution is 2.24. The van der Waals surface area contributed by atoms with Gasteiger partial charge >= 0.3 is 6.18 Å². The quantitative estimate of drug-likeness (QED) is 0.902. The number of amides is 2. The van der Waals surface area contributed by atoms with Crippen molar-refractivity contribution in [3.63, 3.8) is 0 Å². The average Bonchev–Trinajstić information content (AvgIpc) is 2.84. The van der Waals surface area contributed by atoms with E-state index in [1.807, 2.05) is 37.3 Å². The van der Waals surface area contributed by atoms with Crippen LogP contribution in [0, 0.1) is 5.92 Å². The summed E-state index contributed by atoms with van der Waals surface area (Å²) in [5.74, 6) is -1.62. The Bertz CT molecular complexity index is 560. The molecule has 1 saturated heterocycles. The van der Waals surface area contributed by atoms with Crippen molar-refractivity contribution in [3.8, 4) is 0 Å². The van der Waals surface area contributed by atoms with Crippen molar-refractivity contribution in [2.45, 2.75) is 25.4 Å². The number of rotatable bonds is 5. The van der Waals surface area contributed by atoms with Crippen LogP contribution in [0.15, 0.2) is 30.3 Å². The zero-order valence-corrected chi connectivity index (χ0v) is 12.8. The third-order valence-corrected chi connectivity index (χ3v) is 3.91. The average molecular weight is 328 g/mol. The van der Waals surface area contributed by atoms with E-state index in [2.05, 4.69) is 5.32 Å². The molecule has 4 nitrogen and oxygen atoms in total. The third-order valence-electron chi connectivity index (χ3n) is 3.91. The second-order valence-electron chi connectivity index (χ2n) is 5.85. The molecule has 23 heavy (non-hydrogen) atoms. The summed E-state index contributed by atoms with van der Waals surface area (Å²) >= 11 is 0. The van der Waals surface area contributed by atoms with E-state index in [-0.39, 0.29) is 24.8 Å². The lowest BCUT2D eigenvalue weighted by Crippen LogP contribution is -2.37. The van der Waals surface area contributed by atoms with Crippen LogP contribution >= 0.6 is 0 Å². The van der Waals surface area contributed by atoms with Crippen LogP contribution in [0.2, 0.25) is 0 Å². The summed E-state index contributed by atoms with van der Waals surface area (Å²) in [4.78, 5) is 24.3. The molecule has 0 bridgehead atoms. The van der Waals surface area contributed by atoms with Crippen LogP contribution in [-0.4, -0.2) is 42.5 Å². The zero-order valence-electron chi connectivity index (χ0n) is 12.8. The highest BCUT2D eigenvalue weighted by molar-refractivity contribution is 5.89. The van der Waals surface area contributed by atoms with Gasteiger partial charge in [-0.15, -0.1) is 0 Å². The number of hydrogen-bond donors (Lipinski definition) is 1. The van der Waals surface area contributed by atoms with Gasteiger partial charge in [0.2, 0.25) is 11.8 Å². The van der Waals surface area contributed by atoms with E-state index in [4.69, 9.17) is 0 Å². The molecular weight excluding hydrogens is 309 g/mol. The molecule has 0 spiro atoms. The van der Waals surface area contributed by atoms with Crippen LogP contribution in [0.3, 0.4) is 0 Å². The first-order chi connectivity index (χ1) is 10.8. The minimum atomic E-state index is -4.44. The van der Waals surface area contributed by atoms with Crippen molar-refractivity contribution in [1.82, 2.24) is 10.2 Å². The van der Waals surface area contributed by atoms with Gasteiger partial charge in [0.05, 0.1) is 5.92 Å². The van der Waals surface area contributed by atoms with E-state index in [1.54, 1.807) is 0 Å². The van der Waals surface area contributed by atoms with Crippen LogP contribution in [0.25, 0.3) is 0 Å². The molecule has 0 radical (unpaired) electrons. The molecule has 1 aromatic rings. The van der Waals surface area contributed by atoms with Crippen molar-refractivity contribution in [3.05, 3.63) is 35.9 Å². The van der Waals surface area contributed by atoms with Gasteiger partial charge < -0.3 is 10.2 Å². The fraction of sp³-hybridized carbons (Fsp3) is 0.500. The van der Waals surface area contributed by atoms with E-state index in [0.29, 0.717) is 11.4 Å². The van der Waals surface area contributed by atoms with Crippen molar-refractivity contribution in [1.29, 1.82) is 0 Å². The summed E-state index contributed by atoms with van der Waals surface area (Å²) < 4.78 is 37.1. The molecule has 2 atom stereocenters. The SMILES string of the molecule is C[C@H](CNC(=O)[C@H]1CC(=O)N(CC(F)(F)F)C1)c1ccccc1. The van der Waals surface area contributed by atoms with Crippen molar-refractivity contribution >= 4 is 11.8 Å². The molecule has 7 heteroatoms. The highest BCUT2D eigenvalue weighted by Gasteiger charge is 2.40. The van der Waals surface area contributed by atoms with Gasteiger partial charge in [0.15, 0.2) is 0 Å². The van der Waals surface area contributed by atoms with Gasteiger partial charge in [0.1, 0.15) is 6.54 Å². The van der Waals surface area contributed by atoms with Crippen LogP contribution in [0.1, 0.15) is 24.8 Å². The standard InChI is InChI=1S/C16H19F3N2O2/c1-11(12-5-3-2-4-6-12)8-20-15(23)13-7-14(22)21(9-13)10-16(17,18)19/h2-6,11,13H,7-10H2,1H3,(H,20,23)/t11-,13+/m1/s1. The minimum Gasteiger partial charge on any atom is -0.355 e. The van der Waals surface area contributed by atoms with Crippen LogP contribution in [0.4, 0.5) is 13.2 Å². The van der Waals surface area contributed by atoms with Gasteiger partial charge in [-0.1, -0.05) is 37.3 Å². The molecule has 0 unspecified atom stereocenters. The van der Waals surface area contributed by atoms with Crippen LogP contribution in [0.5, 0.6) is 0 Å². The first-order valence-corrected chi connectivity index (χ1v) is 7.43. The van der Waals surface area contributed by atoms with Gasteiger partial charge in [-0.3, -0.25) is 9.59 Å². The smallest absolute Gasteiger partial charge is 0.355 e. The Morgan fingerprint density at radius 1 is 1.35 bits per heavy atom. The van der Waals surface area contributed by atoms with Gasteiger partial charge in [0, 0.05) is 19.5 Å². The van der Waals surface area contributed by atoms with E-state index < -0.39 is 24.5 Å². The van der Waals surface area contributed by atoms with Crippen LogP contribution < -0.4 is 5.32 Å². The molecule has 2 amide bonds. The maximum absolute atomic E-state index is 12.4. The summed E-state index contributed by atoms with van der Waals surface area (Å²) in [6, 6.07) is 9.59. The van der Waals surface area contributed by atoms with Gasteiger partial charge in [0.25, 0.3) is 0 Å². The molecule has 1 aromatic carbocycles. The number of nitrogens with zero attached hydrogens (tertiary/aromatic N) is 1. The largest absolute Gasteiger partial charge is 0.406 e. The Morgan fingerprint density at radius 3 is 2.61 bits per heavy atom. The van der Waals surface area contributed by atoms with E-state index in [1.165, 1.54) is 0 Å². The van der Waals surface area contributed by atoms with Crippen LogP contribution in [-0.2, 0) is 9.59 Å².